The van der Waals surface area contributed by atoms with Gasteiger partial charge in [0.2, 0.25) is 5.79 Å². The maximum Gasteiger partial charge on any atom is 0.231 e. The summed E-state index contributed by atoms with van der Waals surface area (Å²) >= 11 is 0. The molecule has 0 aliphatic carbocycles. The molecule has 5 heteroatoms. The van der Waals surface area contributed by atoms with Gasteiger partial charge in [0.15, 0.2) is 0 Å². The number of rotatable bonds is 17. The van der Waals surface area contributed by atoms with Crippen molar-refractivity contribution in [1.82, 2.24) is 0 Å². The molecule has 26 heavy (non-hydrogen) atoms. The lowest BCUT2D eigenvalue weighted by Gasteiger charge is -2.29. The lowest BCUT2D eigenvalue weighted by Crippen LogP contribution is -2.41. The van der Waals surface area contributed by atoms with E-state index in [0.717, 1.165) is 12.8 Å². The Morgan fingerprint density at radius 2 is 1.50 bits per heavy atom. The molecule has 0 saturated heterocycles. The van der Waals surface area contributed by atoms with Crippen LogP contribution >= 0.6 is 0 Å². The Morgan fingerprint density at radius 3 is 2.19 bits per heavy atom. The van der Waals surface area contributed by atoms with Crippen molar-refractivity contribution in [1.29, 1.82) is 0 Å². The van der Waals surface area contributed by atoms with Crippen LogP contribution in [0.25, 0.3) is 0 Å². The zero-order chi connectivity index (χ0) is 18.9. The fourth-order valence-electron chi connectivity index (χ4n) is 2.74. The average molecular weight is 369 g/mol. The topological polar surface area (TPSA) is 68.2 Å². The van der Waals surface area contributed by atoms with E-state index < -0.39 is 5.79 Å². The minimum atomic E-state index is -1.33. The third kappa shape index (κ3) is 11.5. The van der Waals surface area contributed by atoms with E-state index in [0.29, 0.717) is 32.0 Å². The zero-order valence-corrected chi connectivity index (χ0v) is 16.2. The summed E-state index contributed by atoms with van der Waals surface area (Å²) in [6.07, 6.45) is 8.81. The second-order valence-electron chi connectivity index (χ2n) is 6.62. The standard InChI is InChI=1S/C21H36O5/c1-2-3-4-5-6-7-11-14-21(23,19-25-18-17-24-16-15-22)26-20-12-9-8-10-13-20/h8-10,12-13,22-23H,2-7,11,14-19H2,1H3. The minimum absolute atomic E-state index is 0.000683. The van der Waals surface area contributed by atoms with Crippen LogP contribution in [0.15, 0.2) is 30.3 Å². The molecule has 0 aliphatic rings. The van der Waals surface area contributed by atoms with Crippen LogP contribution in [0.1, 0.15) is 58.3 Å². The lowest BCUT2D eigenvalue weighted by atomic mass is 10.0. The molecule has 0 heterocycles. The number of ether oxygens (including phenoxy) is 3. The first-order valence-corrected chi connectivity index (χ1v) is 9.93. The molecule has 0 aliphatic heterocycles. The maximum atomic E-state index is 10.9. The second-order valence-corrected chi connectivity index (χ2v) is 6.62. The summed E-state index contributed by atoms with van der Waals surface area (Å²) in [6.45, 7) is 3.36. The Balaban J connectivity index is 2.36. The van der Waals surface area contributed by atoms with E-state index in [1.165, 1.54) is 32.1 Å². The van der Waals surface area contributed by atoms with E-state index >= 15 is 0 Å². The Morgan fingerprint density at radius 1 is 0.846 bits per heavy atom. The number of aliphatic hydroxyl groups is 2. The Bertz CT molecular complexity index is 426. The van der Waals surface area contributed by atoms with E-state index in [4.69, 9.17) is 19.3 Å². The van der Waals surface area contributed by atoms with E-state index in [1.54, 1.807) is 0 Å². The highest BCUT2D eigenvalue weighted by atomic mass is 16.6. The van der Waals surface area contributed by atoms with Gasteiger partial charge >= 0.3 is 0 Å². The van der Waals surface area contributed by atoms with E-state index in [-0.39, 0.29) is 13.2 Å². The number of hydrogen-bond donors (Lipinski definition) is 2. The van der Waals surface area contributed by atoms with Crippen molar-refractivity contribution in [3.8, 4) is 5.75 Å². The van der Waals surface area contributed by atoms with Crippen LogP contribution in [0.5, 0.6) is 5.75 Å². The monoisotopic (exact) mass is 368 g/mol. The fourth-order valence-corrected chi connectivity index (χ4v) is 2.74. The predicted octanol–water partition coefficient (Wildman–Crippen LogP) is 3.92. The largest absolute Gasteiger partial charge is 0.460 e. The normalized spacial score (nSPS) is 13.5. The van der Waals surface area contributed by atoms with Crippen LogP contribution < -0.4 is 4.74 Å². The molecule has 5 nitrogen and oxygen atoms in total. The molecule has 150 valence electrons. The highest BCUT2D eigenvalue weighted by molar-refractivity contribution is 5.21. The van der Waals surface area contributed by atoms with Gasteiger partial charge in [0, 0.05) is 6.42 Å². The van der Waals surface area contributed by atoms with Gasteiger partial charge in [0.25, 0.3) is 0 Å². The van der Waals surface area contributed by atoms with Gasteiger partial charge in [-0.15, -0.1) is 0 Å². The molecule has 0 spiro atoms. The Hall–Kier alpha value is -1.14. The predicted molar refractivity (Wildman–Crippen MR) is 103 cm³/mol. The van der Waals surface area contributed by atoms with Gasteiger partial charge in [-0.2, -0.15) is 0 Å². The maximum absolute atomic E-state index is 10.9. The van der Waals surface area contributed by atoms with Gasteiger partial charge in [-0.3, -0.25) is 0 Å². The van der Waals surface area contributed by atoms with Crippen LogP contribution in [-0.4, -0.2) is 49.0 Å². The van der Waals surface area contributed by atoms with Gasteiger partial charge in [0.1, 0.15) is 12.4 Å². The van der Waals surface area contributed by atoms with Crippen LogP contribution in [0.2, 0.25) is 0 Å². The molecule has 1 atom stereocenters. The molecule has 0 aromatic heterocycles. The molecule has 0 saturated carbocycles. The smallest absolute Gasteiger partial charge is 0.231 e. The third-order valence-electron chi connectivity index (χ3n) is 4.16. The van der Waals surface area contributed by atoms with Crippen molar-refractivity contribution in [2.45, 2.75) is 64.1 Å². The molecular weight excluding hydrogens is 332 g/mol. The fraction of sp³-hybridized carbons (Fsp3) is 0.714. The van der Waals surface area contributed by atoms with Gasteiger partial charge in [0.05, 0.1) is 26.4 Å². The molecule has 1 rings (SSSR count). The number of benzene rings is 1. The summed E-state index contributed by atoms with van der Waals surface area (Å²) in [4.78, 5) is 0. The SMILES string of the molecule is CCCCCCCCCC(O)(COCCOCCO)Oc1ccccc1. The lowest BCUT2D eigenvalue weighted by molar-refractivity contribution is -0.185. The van der Waals surface area contributed by atoms with E-state index in [1.807, 2.05) is 30.3 Å². The van der Waals surface area contributed by atoms with Crippen molar-refractivity contribution in [3.63, 3.8) is 0 Å². The number of aliphatic hydroxyl groups excluding tert-OH is 1. The van der Waals surface area contributed by atoms with E-state index in [2.05, 4.69) is 6.92 Å². The molecule has 0 amide bonds. The van der Waals surface area contributed by atoms with Crippen LogP contribution in [-0.2, 0) is 9.47 Å². The highest BCUT2D eigenvalue weighted by Crippen LogP contribution is 2.22. The molecule has 1 unspecified atom stereocenters. The van der Waals surface area contributed by atoms with Crippen LogP contribution in [0.3, 0.4) is 0 Å². The summed E-state index contributed by atoms with van der Waals surface area (Å²) in [7, 11) is 0. The van der Waals surface area contributed by atoms with Crippen molar-refractivity contribution < 1.29 is 24.4 Å². The first-order valence-electron chi connectivity index (χ1n) is 9.93. The molecule has 0 fully saturated rings. The number of hydrogen-bond acceptors (Lipinski definition) is 5. The summed E-state index contributed by atoms with van der Waals surface area (Å²) in [6, 6.07) is 9.34. The van der Waals surface area contributed by atoms with Gasteiger partial charge in [-0.25, -0.2) is 0 Å². The quantitative estimate of drug-likeness (QED) is 0.322. The first kappa shape index (κ1) is 22.9. The van der Waals surface area contributed by atoms with Gasteiger partial charge < -0.3 is 24.4 Å². The van der Waals surface area contributed by atoms with Crippen molar-refractivity contribution >= 4 is 0 Å². The number of unbranched alkanes of at least 4 members (excludes halogenated alkanes) is 6. The summed E-state index contributed by atoms with van der Waals surface area (Å²) in [5.41, 5.74) is 0. The van der Waals surface area contributed by atoms with Crippen molar-refractivity contribution in [2.24, 2.45) is 0 Å². The second kappa shape index (κ2) is 15.0. The minimum Gasteiger partial charge on any atom is -0.460 e. The molecule has 0 bridgehead atoms. The summed E-state index contributed by atoms with van der Waals surface area (Å²) < 4.78 is 16.5. The van der Waals surface area contributed by atoms with E-state index in [9.17, 15) is 5.11 Å². The molecule has 1 aromatic carbocycles. The Labute approximate surface area is 158 Å². The highest BCUT2D eigenvalue weighted by Gasteiger charge is 2.29. The number of para-hydroxylation sites is 1. The third-order valence-corrected chi connectivity index (χ3v) is 4.16. The average Bonchev–Trinajstić information content (AvgIpc) is 2.65. The van der Waals surface area contributed by atoms with Gasteiger partial charge in [-0.05, 0) is 18.6 Å². The van der Waals surface area contributed by atoms with Crippen LogP contribution in [0, 0.1) is 0 Å². The summed E-state index contributed by atoms with van der Waals surface area (Å²) in [5, 5.41) is 19.6. The first-order chi connectivity index (χ1) is 12.7. The molecular formula is C21H36O5. The van der Waals surface area contributed by atoms with Crippen molar-refractivity contribution in [3.05, 3.63) is 30.3 Å². The molecule has 2 N–H and O–H groups in total. The molecule has 0 radical (unpaired) electrons. The zero-order valence-electron chi connectivity index (χ0n) is 16.2. The van der Waals surface area contributed by atoms with Crippen LogP contribution in [0.4, 0.5) is 0 Å². The Kier molecular flexibility index (Phi) is 13.2. The van der Waals surface area contributed by atoms with Gasteiger partial charge in [-0.1, -0.05) is 63.6 Å². The molecule has 1 aromatic rings. The summed E-state index contributed by atoms with van der Waals surface area (Å²) in [5.74, 6) is -0.694. The van der Waals surface area contributed by atoms with Crippen molar-refractivity contribution in [2.75, 3.05) is 33.0 Å².